The zero-order chi connectivity index (χ0) is 20.4. The number of para-hydroxylation sites is 2. The van der Waals surface area contributed by atoms with Crippen molar-refractivity contribution in [3.63, 3.8) is 0 Å². The van der Waals surface area contributed by atoms with E-state index in [0.717, 1.165) is 36.5 Å². The summed E-state index contributed by atoms with van der Waals surface area (Å²) < 4.78 is 5.40. The third-order valence-corrected chi connectivity index (χ3v) is 6.21. The maximum atomic E-state index is 12.9. The average molecular weight is 400 g/mol. The Bertz CT molecular complexity index is 798. The summed E-state index contributed by atoms with van der Waals surface area (Å²) in [4.78, 5) is 41.3. The van der Waals surface area contributed by atoms with Gasteiger partial charge in [0.2, 0.25) is 5.91 Å². The number of nitrogens with zero attached hydrogens (tertiary/aromatic N) is 2. The summed E-state index contributed by atoms with van der Waals surface area (Å²) >= 11 is 0. The maximum absolute atomic E-state index is 12.9. The zero-order valence-corrected chi connectivity index (χ0v) is 16.8. The fraction of sp³-hybridized carbons (Fsp3) is 0.571. The van der Waals surface area contributed by atoms with E-state index < -0.39 is 11.6 Å². The first-order valence-corrected chi connectivity index (χ1v) is 10.3. The van der Waals surface area contributed by atoms with Crippen molar-refractivity contribution in [1.82, 2.24) is 10.2 Å². The minimum atomic E-state index is -0.824. The van der Waals surface area contributed by atoms with Gasteiger partial charge in [0.15, 0.2) is 0 Å². The molecule has 4 rings (SSSR count). The summed E-state index contributed by atoms with van der Waals surface area (Å²) in [6, 6.07) is 7.09. The second-order valence-electron chi connectivity index (χ2n) is 8.25. The largest absolute Gasteiger partial charge is 0.378 e. The van der Waals surface area contributed by atoms with Crippen LogP contribution < -0.4 is 15.5 Å². The van der Waals surface area contributed by atoms with Crippen LogP contribution in [0.15, 0.2) is 24.3 Å². The highest BCUT2D eigenvalue weighted by Gasteiger charge is 2.52. The molecule has 3 fully saturated rings. The number of imide groups is 1. The Morgan fingerprint density at radius 2 is 1.90 bits per heavy atom. The van der Waals surface area contributed by atoms with Gasteiger partial charge in [0.05, 0.1) is 24.6 Å². The summed E-state index contributed by atoms with van der Waals surface area (Å²) in [5, 5.41) is 5.74. The topological polar surface area (TPSA) is 91.0 Å². The number of carbonyl (C=O) groups is 3. The fourth-order valence-corrected chi connectivity index (χ4v) is 4.41. The Morgan fingerprint density at radius 1 is 1.21 bits per heavy atom. The number of amides is 4. The third kappa shape index (κ3) is 3.94. The normalized spacial score (nSPS) is 27.3. The molecule has 0 unspecified atom stereocenters. The van der Waals surface area contributed by atoms with Crippen LogP contribution in [0.3, 0.4) is 0 Å². The van der Waals surface area contributed by atoms with Crippen LogP contribution in [-0.4, -0.2) is 61.1 Å². The molecule has 2 N–H and O–H groups in total. The van der Waals surface area contributed by atoms with Gasteiger partial charge < -0.3 is 20.3 Å². The molecule has 2 aliphatic heterocycles. The molecule has 2 saturated heterocycles. The highest BCUT2D eigenvalue weighted by Crippen LogP contribution is 2.36. The highest BCUT2D eigenvalue weighted by atomic mass is 16.5. The van der Waals surface area contributed by atoms with E-state index in [2.05, 4.69) is 22.5 Å². The number of anilines is 2. The number of nitrogens with one attached hydrogen (secondary N) is 2. The quantitative estimate of drug-likeness (QED) is 0.754. The minimum absolute atomic E-state index is 0.272. The van der Waals surface area contributed by atoms with Gasteiger partial charge in [0.25, 0.3) is 5.91 Å². The summed E-state index contributed by atoms with van der Waals surface area (Å²) in [5.41, 5.74) is 0.766. The molecular formula is C21H28N4O4. The molecule has 1 spiro atoms. The van der Waals surface area contributed by atoms with Gasteiger partial charge in [-0.1, -0.05) is 19.1 Å². The number of urea groups is 1. The second kappa shape index (κ2) is 8.02. The second-order valence-corrected chi connectivity index (χ2v) is 8.25. The molecular weight excluding hydrogens is 372 g/mol. The van der Waals surface area contributed by atoms with Gasteiger partial charge in [-0.15, -0.1) is 0 Å². The molecule has 8 nitrogen and oxygen atoms in total. The predicted molar refractivity (Wildman–Crippen MR) is 109 cm³/mol. The van der Waals surface area contributed by atoms with Gasteiger partial charge >= 0.3 is 6.03 Å². The Balaban J connectivity index is 1.43. The lowest BCUT2D eigenvalue weighted by atomic mass is 9.77. The molecule has 0 aromatic heterocycles. The van der Waals surface area contributed by atoms with Crippen LogP contribution >= 0.6 is 0 Å². The lowest BCUT2D eigenvalue weighted by Gasteiger charge is -2.33. The first-order chi connectivity index (χ1) is 14.0. The van der Waals surface area contributed by atoms with Crippen LogP contribution in [0, 0.1) is 5.92 Å². The van der Waals surface area contributed by atoms with Crippen LogP contribution in [0.25, 0.3) is 0 Å². The number of benzene rings is 1. The Labute approximate surface area is 170 Å². The molecule has 1 saturated carbocycles. The molecule has 0 atom stereocenters. The van der Waals surface area contributed by atoms with Gasteiger partial charge in [-0.2, -0.15) is 0 Å². The Morgan fingerprint density at radius 3 is 2.62 bits per heavy atom. The number of ether oxygens (including phenoxy) is 1. The van der Waals surface area contributed by atoms with Crippen molar-refractivity contribution < 1.29 is 19.1 Å². The molecule has 29 heavy (non-hydrogen) atoms. The lowest BCUT2D eigenvalue weighted by Crippen LogP contribution is -2.49. The van der Waals surface area contributed by atoms with Crippen molar-refractivity contribution in [2.45, 2.75) is 38.1 Å². The summed E-state index contributed by atoms with van der Waals surface area (Å²) in [5.74, 6) is -0.0965. The van der Waals surface area contributed by atoms with Crippen LogP contribution in [0.1, 0.15) is 32.6 Å². The van der Waals surface area contributed by atoms with E-state index in [1.807, 2.05) is 24.3 Å². The van der Waals surface area contributed by atoms with Gasteiger partial charge in [-0.05, 0) is 43.7 Å². The number of carbonyl (C=O) groups excluding carboxylic acids is 3. The van der Waals surface area contributed by atoms with Gasteiger partial charge in [0, 0.05) is 13.1 Å². The van der Waals surface area contributed by atoms with Crippen LogP contribution in [-0.2, 0) is 14.3 Å². The molecule has 1 aliphatic carbocycles. The molecule has 2 heterocycles. The number of morpholine rings is 1. The zero-order valence-electron chi connectivity index (χ0n) is 16.8. The number of hydrogen-bond acceptors (Lipinski definition) is 5. The van der Waals surface area contributed by atoms with E-state index in [9.17, 15) is 14.4 Å². The Kier molecular flexibility index (Phi) is 5.45. The average Bonchev–Trinajstić information content (AvgIpc) is 2.95. The molecule has 0 radical (unpaired) electrons. The molecule has 1 aromatic rings. The maximum Gasteiger partial charge on any atom is 0.325 e. The van der Waals surface area contributed by atoms with E-state index in [-0.39, 0.29) is 18.4 Å². The molecule has 3 aliphatic rings. The molecule has 8 heteroatoms. The van der Waals surface area contributed by atoms with Gasteiger partial charge in [-0.3, -0.25) is 14.5 Å². The third-order valence-electron chi connectivity index (χ3n) is 6.21. The van der Waals surface area contributed by atoms with Crippen molar-refractivity contribution in [1.29, 1.82) is 0 Å². The molecule has 0 bridgehead atoms. The number of rotatable bonds is 4. The molecule has 1 aromatic carbocycles. The highest BCUT2D eigenvalue weighted by molar-refractivity contribution is 6.10. The summed E-state index contributed by atoms with van der Waals surface area (Å²) in [6.07, 6.45) is 3.07. The summed E-state index contributed by atoms with van der Waals surface area (Å²) in [6.45, 7) is 4.67. The lowest BCUT2D eigenvalue weighted by molar-refractivity contribution is -0.135. The van der Waals surface area contributed by atoms with Gasteiger partial charge in [0.1, 0.15) is 12.1 Å². The van der Waals surface area contributed by atoms with Crippen LogP contribution in [0.4, 0.5) is 16.2 Å². The van der Waals surface area contributed by atoms with E-state index in [1.165, 1.54) is 0 Å². The van der Waals surface area contributed by atoms with Crippen molar-refractivity contribution in [2.24, 2.45) is 5.92 Å². The first-order valence-electron chi connectivity index (χ1n) is 10.3. The monoisotopic (exact) mass is 400 g/mol. The van der Waals surface area contributed by atoms with Crippen molar-refractivity contribution in [2.75, 3.05) is 43.1 Å². The SMILES string of the molecule is CC1CCC2(CC1)NC(=O)N(CC(=O)Nc1ccccc1N1CCOCC1)C2=O. The standard InChI is InChI=1S/C21H28N4O4/c1-15-6-8-21(9-7-15)19(27)25(20(28)23-21)14-18(26)22-16-4-2-3-5-17(16)24-10-12-29-13-11-24/h2-5,15H,6-14H2,1H3,(H,22,26)(H,23,28). The van der Waals surface area contributed by atoms with Gasteiger partial charge in [-0.25, -0.2) is 4.79 Å². The minimum Gasteiger partial charge on any atom is -0.378 e. The first kappa shape index (κ1) is 19.7. The van der Waals surface area contributed by atoms with E-state index in [1.54, 1.807) is 0 Å². The molecule has 156 valence electrons. The van der Waals surface area contributed by atoms with E-state index >= 15 is 0 Å². The molecule has 4 amide bonds. The van der Waals surface area contributed by atoms with Crippen molar-refractivity contribution >= 4 is 29.2 Å². The van der Waals surface area contributed by atoms with Crippen molar-refractivity contribution in [3.8, 4) is 0 Å². The van der Waals surface area contributed by atoms with Crippen molar-refractivity contribution in [3.05, 3.63) is 24.3 Å². The van der Waals surface area contributed by atoms with Crippen LogP contribution in [0.2, 0.25) is 0 Å². The Hall–Kier alpha value is -2.61. The summed E-state index contributed by atoms with van der Waals surface area (Å²) in [7, 11) is 0. The smallest absolute Gasteiger partial charge is 0.325 e. The van der Waals surface area contributed by atoms with E-state index in [0.29, 0.717) is 37.7 Å². The predicted octanol–water partition coefficient (Wildman–Crippen LogP) is 1.96. The fourth-order valence-electron chi connectivity index (χ4n) is 4.41. The van der Waals surface area contributed by atoms with Crippen LogP contribution in [0.5, 0.6) is 0 Å². The van der Waals surface area contributed by atoms with E-state index in [4.69, 9.17) is 4.74 Å². The number of hydrogen-bond donors (Lipinski definition) is 2.